The van der Waals surface area contributed by atoms with Crippen molar-refractivity contribution in [3.05, 3.63) is 59.4 Å². The lowest BCUT2D eigenvalue weighted by Gasteiger charge is -2.34. The molecule has 1 aromatic carbocycles. The highest BCUT2D eigenvalue weighted by Gasteiger charge is 2.35. The molecule has 2 rings (SSSR count). The van der Waals surface area contributed by atoms with Crippen molar-refractivity contribution in [1.82, 2.24) is 4.98 Å². The summed E-state index contributed by atoms with van der Waals surface area (Å²) < 4.78 is 36.9. The lowest BCUT2D eigenvalue weighted by molar-refractivity contribution is 0.0481. The molecule has 2 aromatic rings. The van der Waals surface area contributed by atoms with Crippen LogP contribution in [0.3, 0.4) is 0 Å². The van der Waals surface area contributed by atoms with Gasteiger partial charge in [0.2, 0.25) is 5.95 Å². The molecule has 0 aliphatic carbocycles. The van der Waals surface area contributed by atoms with E-state index in [1.165, 1.54) is 43.6 Å². The van der Waals surface area contributed by atoms with Gasteiger partial charge in [-0.15, -0.1) is 0 Å². The van der Waals surface area contributed by atoms with E-state index in [0.717, 1.165) is 0 Å². The number of methoxy groups -OCH3 is 1. The Kier molecular flexibility index (Phi) is 5.25. The minimum absolute atomic E-state index is 0.00473. The average Bonchev–Trinajstić information content (AvgIpc) is 2.53. The molecule has 0 saturated carbocycles. The van der Waals surface area contributed by atoms with Gasteiger partial charge in [0.15, 0.2) is 18.4 Å². The maximum absolute atomic E-state index is 13.8. The quantitative estimate of drug-likeness (QED) is 0.626. The highest BCUT2D eigenvalue weighted by Crippen LogP contribution is 2.32. The Morgan fingerprint density at radius 2 is 1.91 bits per heavy atom. The van der Waals surface area contributed by atoms with E-state index in [1.54, 1.807) is 6.92 Å². The Labute approximate surface area is 133 Å². The van der Waals surface area contributed by atoms with Gasteiger partial charge in [-0.2, -0.15) is 4.39 Å². The van der Waals surface area contributed by atoms with Crippen molar-refractivity contribution in [3.63, 3.8) is 0 Å². The van der Waals surface area contributed by atoms with Crippen molar-refractivity contribution in [1.29, 1.82) is 0 Å². The second-order valence-corrected chi connectivity index (χ2v) is 5.22. The summed E-state index contributed by atoms with van der Waals surface area (Å²) in [6.07, 6.45) is 1.32. The summed E-state index contributed by atoms with van der Waals surface area (Å²) in [6.45, 7) is 1.61. The van der Waals surface area contributed by atoms with E-state index in [1.807, 2.05) is 0 Å². The molecule has 0 saturated heterocycles. The first-order valence-corrected chi connectivity index (χ1v) is 6.97. The third kappa shape index (κ3) is 3.47. The zero-order chi connectivity index (χ0) is 17.0. The van der Waals surface area contributed by atoms with Gasteiger partial charge in [-0.05, 0) is 36.2 Å². The fourth-order valence-electron chi connectivity index (χ4n) is 2.31. The summed E-state index contributed by atoms with van der Waals surface area (Å²) in [4.78, 5) is 3.62. The molecule has 0 bridgehead atoms. The van der Waals surface area contributed by atoms with Gasteiger partial charge in [0.1, 0.15) is 0 Å². The summed E-state index contributed by atoms with van der Waals surface area (Å²) >= 11 is 0. The number of aromatic nitrogens is 1. The minimum atomic E-state index is -1.18. The fourth-order valence-corrected chi connectivity index (χ4v) is 2.31. The molecule has 124 valence electrons. The van der Waals surface area contributed by atoms with Crippen LogP contribution in [-0.4, -0.2) is 24.9 Å². The highest BCUT2D eigenvalue weighted by molar-refractivity contribution is 5.42. The number of benzene rings is 1. The SMILES string of the molecule is COCOc1cc([C@](N)(c2ccc(F)nc2)[C@H](C)N)ccc1F. The smallest absolute Gasteiger partial charge is 0.212 e. The molecule has 0 unspecified atom stereocenters. The standard InChI is InChI=1S/C16H19F2N3O2/c1-10(19)16(20,12-4-6-15(18)21-8-12)11-3-5-13(17)14(7-11)23-9-22-2/h3-8,10H,9,19-20H2,1-2H3/t10-,16-/m0/s1. The van der Waals surface area contributed by atoms with E-state index in [4.69, 9.17) is 20.9 Å². The molecular formula is C16H19F2N3O2. The van der Waals surface area contributed by atoms with E-state index in [2.05, 4.69) is 4.98 Å². The molecule has 23 heavy (non-hydrogen) atoms. The topological polar surface area (TPSA) is 83.4 Å². The van der Waals surface area contributed by atoms with E-state index in [9.17, 15) is 8.78 Å². The summed E-state index contributed by atoms with van der Waals surface area (Å²) in [6, 6.07) is 6.37. The Balaban J connectivity index is 2.51. The van der Waals surface area contributed by atoms with E-state index in [0.29, 0.717) is 11.1 Å². The minimum Gasteiger partial charge on any atom is -0.464 e. The average molecular weight is 323 g/mol. The van der Waals surface area contributed by atoms with Gasteiger partial charge < -0.3 is 20.9 Å². The maximum atomic E-state index is 13.8. The Morgan fingerprint density at radius 1 is 1.22 bits per heavy atom. The molecule has 0 aliphatic heterocycles. The van der Waals surface area contributed by atoms with Crippen LogP contribution in [0.15, 0.2) is 36.5 Å². The number of nitrogens with zero attached hydrogens (tertiary/aromatic N) is 1. The van der Waals surface area contributed by atoms with Crippen LogP contribution in [0, 0.1) is 11.8 Å². The van der Waals surface area contributed by atoms with Crippen LogP contribution in [0.5, 0.6) is 5.75 Å². The Morgan fingerprint density at radius 3 is 2.48 bits per heavy atom. The van der Waals surface area contributed by atoms with Crippen molar-refractivity contribution >= 4 is 0 Å². The molecule has 5 nitrogen and oxygen atoms in total. The first-order valence-electron chi connectivity index (χ1n) is 6.97. The molecule has 1 aromatic heterocycles. The first kappa shape index (κ1) is 17.3. The van der Waals surface area contributed by atoms with Crippen molar-refractivity contribution in [2.45, 2.75) is 18.5 Å². The van der Waals surface area contributed by atoms with Crippen molar-refractivity contribution in [2.75, 3.05) is 13.9 Å². The largest absolute Gasteiger partial charge is 0.464 e. The maximum Gasteiger partial charge on any atom is 0.212 e. The number of pyridine rings is 1. The zero-order valence-electron chi connectivity index (χ0n) is 12.9. The van der Waals surface area contributed by atoms with E-state index < -0.39 is 23.3 Å². The third-order valence-corrected chi connectivity index (χ3v) is 3.66. The number of nitrogens with two attached hydrogens (primary N) is 2. The lowest BCUT2D eigenvalue weighted by atomic mass is 9.79. The zero-order valence-corrected chi connectivity index (χ0v) is 12.9. The molecule has 0 radical (unpaired) electrons. The monoisotopic (exact) mass is 323 g/mol. The Hall–Kier alpha value is -2.09. The van der Waals surface area contributed by atoms with Crippen molar-refractivity contribution in [3.8, 4) is 5.75 Å². The molecule has 2 atom stereocenters. The fraction of sp³-hybridized carbons (Fsp3) is 0.312. The molecular weight excluding hydrogens is 304 g/mol. The summed E-state index contributed by atoms with van der Waals surface area (Å²) in [5, 5.41) is 0. The van der Waals surface area contributed by atoms with Crippen molar-refractivity contribution in [2.24, 2.45) is 11.5 Å². The van der Waals surface area contributed by atoms with Gasteiger partial charge in [0.25, 0.3) is 0 Å². The number of rotatable bonds is 6. The molecule has 0 amide bonds. The summed E-state index contributed by atoms with van der Waals surface area (Å²) in [5.41, 5.74) is 12.4. The van der Waals surface area contributed by atoms with Gasteiger partial charge in [-0.1, -0.05) is 12.1 Å². The lowest BCUT2D eigenvalue weighted by Crippen LogP contribution is -2.52. The number of ether oxygens (including phenoxy) is 2. The molecule has 0 spiro atoms. The first-order chi connectivity index (χ1) is 10.9. The molecule has 0 fully saturated rings. The van der Waals surface area contributed by atoms with Gasteiger partial charge in [-0.3, -0.25) is 0 Å². The molecule has 1 heterocycles. The summed E-state index contributed by atoms with van der Waals surface area (Å²) in [5.74, 6) is -1.17. The summed E-state index contributed by atoms with van der Waals surface area (Å²) in [7, 11) is 1.43. The van der Waals surface area contributed by atoms with Crippen LogP contribution in [0.4, 0.5) is 8.78 Å². The third-order valence-electron chi connectivity index (χ3n) is 3.66. The van der Waals surface area contributed by atoms with Crippen LogP contribution in [0.1, 0.15) is 18.1 Å². The predicted molar refractivity (Wildman–Crippen MR) is 81.7 cm³/mol. The molecule has 4 N–H and O–H groups in total. The predicted octanol–water partition coefficient (Wildman–Crippen LogP) is 1.89. The van der Waals surface area contributed by atoms with Crippen LogP contribution < -0.4 is 16.2 Å². The van der Waals surface area contributed by atoms with E-state index in [-0.39, 0.29) is 12.5 Å². The van der Waals surface area contributed by atoms with Crippen LogP contribution in [0.2, 0.25) is 0 Å². The Bertz CT molecular complexity index is 665. The van der Waals surface area contributed by atoms with E-state index >= 15 is 0 Å². The van der Waals surface area contributed by atoms with Crippen LogP contribution in [-0.2, 0) is 10.3 Å². The molecule has 7 heteroatoms. The van der Waals surface area contributed by atoms with Gasteiger partial charge in [-0.25, -0.2) is 9.37 Å². The van der Waals surface area contributed by atoms with Crippen LogP contribution >= 0.6 is 0 Å². The number of hydrogen-bond donors (Lipinski definition) is 2. The van der Waals surface area contributed by atoms with Crippen LogP contribution in [0.25, 0.3) is 0 Å². The van der Waals surface area contributed by atoms with Gasteiger partial charge in [0, 0.05) is 19.3 Å². The van der Waals surface area contributed by atoms with Gasteiger partial charge >= 0.3 is 0 Å². The van der Waals surface area contributed by atoms with Crippen molar-refractivity contribution < 1.29 is 18.3 Å². The number of hydrogen-bond acceptors (Lipinski definition) is 5. The second kappa shape index (κ2) is 6.99. The number of halogens is 2. The molecule has 0 aliphatic rings. The van der Waals surface area contributed by atoms with Gasteiger partial charge in [0.05, 0.1) is 5.54 Å². The second-order valence-electron chi connectivity index (χ2n) is 5.22. The normalized spacial score (nSPS) is 15.0. The highest BCUT2D eigenvalue weighted by atomic mass is 19.1.